The lowest BCUT2D eigenvalue weighted by atomic mass is 10.1. The van der Waals surface area contributed by atoms with Crippen LogP contribution in [0.2, 0.25) is 0 Å². The van der Waals surface area contributed by atoms with Crippen LogP contribution in [0.3, 0.4) is 0 Å². The van der Waals surface area contributed by atoms with Gasteiger partial charge in [0.2, 0.25) is 0 Å². The van der Waals surface area contributed by atoms with Crippen LogP contribution >= 0.6 is 0 Å². The van der Waals surface area contributed by atoms with Crippen LogP contribution in [-0.4, -0.2) is 17.0 Å². The molecule has 0 amide bonds. The molecule has 1 heterocycles. The van der Waals surface area contributed by atoms with Crippen LogP contribution < -0.4 is 16.2 Å². The first kappa shape index (κ1) is 12.3. The summed E-state index contributed by atoms with van der Waals surface area (Å²) < 4.78 is 0. The minimum atomic E-state index is -0.154. The maximum absolute atomic E-state index is 11.2. The second-order valence-corrected chi connectivity index (χ2v) is 4.10. The van der Waals surface area contributed by atoms with Crippen LogP contribution in [0.4, 0.5) is 5.82 Å². The van der Waals surface area contributed by atoms with Gasteiger partial charge >= 0.3 is 0 Å². The van der Waals surface area contributed by atoms with Crippen molar-refractivity contribution in [3.05, 3.63) is 58.1 Å². The van der Waals surface area contributed by atoms with E-state index in [4.69, 9.17) is 5.73 Å². The number of benzene rings is 1. The summed E-state index contributed by atoms with van der Waals surface area (Å²) in [5.74, 6) is 0.644. The Kier molecular flexibility index (Phi) is 3.74. The molecule has 0 bridgehead atoms. The summed E-state index contributed by atoms with van der Waals surface area (Å²) in [6.07, 6.45) is 1.41. The van der Waals surface area contributed by atoms with Crippen LogP contribution in [0.1, 0.15) is 11.1 Å². The summed E-state index contributed by atoms with van der Waals surface area (Å²) >= 11 is 0. The summed E-state index contributed by atoms with van der Waals surface area (Å²) in [5, 5.41) is 0. The highest BCUT2D eigenvalue weighted by Gasteiger charge is 2.06. The first-order chi connectivity index (χ1) is 8.70. The third kappa shape index (κ3) is 2.75. The normalized spacial score (nSPS) is 10.3. The van der Waals surface area contributed by atoms with Crippen molar-refractivity contribution in [1.29, 1.82) is 0 Å². The minimum absolute atomic E-state index is 0.154. The Labute approximate surface area is 105 Å². The summed E-state index contributed by atoms with van der Waals surface area (Å²) in [4.78, 5) is 19.8. The molecule has 0 radical (unpaired) electrons. The highest BCUT2D eigenvalue weighted by Crippen LogP contribution is 2.13. The van der Waals surface area contributed by atoms with Crippen molar-refractivity contribution in [2.45, 2.75) is 13.1 Å². The smallest absolute Gasteiger partial charge is 0.252 e. The van der Waals surface area contributed by atoms with E-state index in [0.29, 0.717) is 18.9 Å². The SMILES string of the molecule is CN(Cc1ccccc1CN)c1cc(=O)[nH]cn1. The van der Waals surface area contributed by atoms with Crippen molar-refractivity contribution in [3.63, 3.8) is 0 Å². The van der Waals surface area contributed by atoms with E-state index in [-0.39, 0.29) is 5.56 Å². The standard InChI is InChI=1S/C13H16N4O/c1-17(12-6-13(18)16-9-15-12)8-11-5-3-2-4-10(11)7-14/h2-6,9H,7-8,14H2,1H3,(H,15,16,18). The molecule has 1 aromatic heterocycles. The van der Waals surface area contributed by atoms with Gasteiger partial charge in [-0.05, 0) is 11.1 Å². The number of hydrogen-bond acceptors (Lipinski definition) is 4. The van der Waals surface area contributed by atoms with E-state index in [9.17, 15) is 4.79 Å². The number of rotatable bonds is 4. The van der Waals surface area contributed by atoms with Crippen molar-refractivity contribution in [2.24, 2.45) is 5.73 Å². The summed E-state index contributed by atoms with van der Waals surface area (Å²) in [5.41, 5.74) is 7.80. The van der Waals surface area contributed by atoms with Gasteiger partial charge in [-0.2, -0.15) is 0 Å². The molecular weight excluding hydrogens is 228 g/mol. The highest BCUT2D eigenvalue weighted by molar-refractivity contribution is 5.38. The van der Waals surface area contributed by atoms with Gasteiger partial charge < -0.3 is 15.6 Å². The molecule has 1 aromatic carbocycles. The molecule has 5 heteroatoms. The quantitative estimate of drug-likeness (QED) is 0.836. The number of H-pyrrole nitrogens is 1. The van der Waals surface area contributed by atoms with E-state index in [1.54, 1.807) is 0 Å². The van der Waals surface area contributed by atoms with Crippen molar-refractivity contribution < 1.29 is 0 Å². The third-order valence-corrected chi connectivity index (χ3v) is 2.80. The second-order valence-electron chi connectivity index (χ2n) is 4.10. The van der Waals surface area contributed by atoms with Gasteiger partial charge in [-0.15, -0.1) is 0 Å². The topological polar surface area (TPSA) is 75.0 Å². The molecule has 0 saturated carbocycles. The summed E-state index contributed by atoms with van der Waals surface area (Å²) in [6.45, 7) is 1.18. The van der Waals surface area contributed by atoms with Crippen molar-refractivity contribution in [1.82, 2.24) is 9.97 Å². The predicted octanol–water partition coefficient (Wildman–Crippen LogP) is 0.865. The molecule has 5 nitrogen and oxygen atoms in total. The monoisotopic (exact) mass is 244 g/mol. The van der Waals surface area contributed by atoms with E-state index >= 15 is 0 Å². The van der Waals surface area contributed by atoms with Gasteiger partial charge in [0.1, 0.15) is 5.82 Å². The Morgan fingerprint density at radius 2 is 2.06 bits per heavy atom. The van der Waals surface area contributed by atoms with Crippen LogP contribution in [0.15, 0.2) is 41.5 Å². The Hall–Kier alpha value is -2.14. The van der Waals surface area contributed by atoms with Gasteiger partial charge in [-0.1, -0.05) is 24.3 Å². The first-order valence-corrected chi connectivity index (χ1v) is 5.73. The number of hydrogen-bond donors (Lipinski definition) is 2. The fraction of sp³-hybridized carbons (Fsp3) is 0.231. The molecule has 2 rings (SSSR count). The fourth-order valence-corrected chi connectivity index (χ4v) is 1.81. The Morgan fingerprint density at radius 3 is 2.72 bits per heavy atom. The Bertz CT molecular complexity index is 579. The average Bonchev–Trinajstić information content (AvgIpc) is 2.39. The zero-order valence-electron chi connectivity index (χ0n) is 10.3. The molecule has 0 unspecified atom stereocenters. The largest absolute Gasteiger partial charge is 0.355 e. The highest BCUT2D eigenvalue weighted by atomic mass is 16.1. The fourth-order valence-electron chi connectivity index (χ4n) is 1.81. The molecule has 0 aliphatic carbocycles. The van der Waals surface area contributed by atoms with Gasteiger partial charge in [0, 0.05) is 26.2 Å². The molecule has 2 aromatic rings. The minimum Gasteiger partial charge on any atom is -0.355 e. The molecule has 0 fully saturated rings. The predicted molar refractivity (Wildman–Crippen MR) is 71.3 cm³/mol. The van der Waals surface area contributed by atoms with E-state index in [1.165, 1.54) is 12.4 Å². The molecule has 18 heavy (non-hydrogen) atoms. The van der Waals surface area contributed by atoms with Crippen LogP contribution in [-0.2, 0) is 13.1 Å². The maximum atomic E-state index is 11.2. The van der Waals surface area contributed by atoms with E-state index in [1.807, 2.05) is 36.2 Å². The Morgan fingerprint density at radius 1 is 1.33 bits per heavy atom. The molecule has 3 N–H and O–H groups in total. The number of nitrogens with two attached hydrogens (primary N) is 1. The van der Waals surface area contributed by atoms with E-state index in [0.717, 1.165) is 11.1 Å². The number of anilines is 1. The van der Waals surface area contributed by atoms with Gasteiger partial charge in [0.25, 0.3) is 5.56 Å². The zero-order chi connectivity index (χ0) is 13.0. The van der Waals surface area contributed by atoms with Crippen LogP contribution in [0, 0.1) is 0 Å². The number of aromatic nitrogens is 2. The van der Waals surface area contributed by atoms with Crippen molar-refractivity contribution >= 4 is 5.82 Å². The number of nitrogens with one attached hydrogen (secondary N) is 1. The van der Waals surface area contributed by atoms with E-state index < -0.39 is 0 Å². The zero-order valence-corrected chi connectivity index (χ0v) is 10.3. The van der Waals surface area contributed by atoms with Crippen molar-refractivity contribution in [2.75, 3.05) is 11.9 Å². The molecular formula is C13H16N4O. The van der Waals surface area contributed by atoms with Gasteiger partial charge in [0.15, 0.2) is 0 Å². The molecule has 0 spiro atoms. The lowest BCUT2D eigenvalue weighted by Crippen LogP contribution is -2.21. The molecule has 0 saturated heterocycles. The molecule has 0 aliphatic heterocycles. The van der Waals surface area contributed by atoms with Gasteiger partial charge in [-0.3, -0.25) is 4.79 Å². The summed E-state index contributed by atoms with van der Waals surface area (Å²) in [6, 6.07) is 9.47. The maximum Gasteiger partial charge on any atom is 0.252 e. The molecule has 0 atom stereocenters. The lowest BCUT2D eigenvalue weighted by Gasteiger charge is -2.19. The number of aromatic amines is 1. The van der Waals surface area contributed by atoms with Crippen LogP contribution in [0.5, 0.6) is 0 Å². The average molecular weight is 244 g/mol. The third-order valence-electron chi connectivity index (χ3n) is 2.80. The lowest BCUT2D eigenvalue weighted by molar-refractivity contribution is 0.868. The van der Waals surface area contributed by atoms with Gasteiger partial charge in [-0.25, -0.2) is 4.98 Å². The molecule has 0 aliphatic rings. The molecule has 94 valence electrons. The second kappa shape index (κ2) is 5.46. The van der Waals surface area contributed by atoms with E-state index in [2.05, 4.69) is 9.97 Å². The van der Waals surface area contributed by atoms with Crippen molar-refractivity contribution in [3.8, 4) is 0 Å². The van der Waals surface area contributed by atoms with Gasteiger partial charge in [0.05, 0.1) is 6.33 Å². The Balaban J connectivity index is 2.21. The first-order valence-electron chi connectivity index (χ1n) is 5.73. The summed E-state index contributed by atoms with van der Waals surface area (Å²) in [7, 11) is 1.90. The van der Waals surface area contributed by atoms with Crippen LogP contribution in [0.25, 0.3) is 0 Å². The number of nitrogens with zero attached hydrogens (tertiary/aromatic N) is 2.